The van der Waals surface area contributed by atoms with Crippen LogP contribution in [-0.4, -0.2) is 17.9 Å². The van der Waals surface area contributed by atoms with Gasteiger partial charge in [0.25, 0.3) is 0 Å². The minimum absolute atomic E-state index is 0.634. The Hall–Kier alpha value is -2.03. The van der Waals surface area contributed by atoms with Gasteiger partial charge in [-0.25, -0.2) is 0 Å². The van der Waals surface area contributed by atoms with Gasteiger partial charge in [0, 0.05) is 25.0 Å². The smallest absolute Gasteiger partial charge is 0.123 e. The third-order valence-electron chi connectivity index (χ3n) is 2.66. The maximum absolute atomic E-state index is 5.28. The van der Waals surface area contributed by atoms with E-state index in [1.165, 1.54) is 0 Å². The van der Waals surface area contributed by atoms with Crippen LogP contribution in [0.4, 0.5) is 0 Å². The summed E-state index contributed by atoms with van der Waals surface area (Å²) in [6.07, 6.45) is 3.89. The molecule has 1 aromatic heterocycles. The Morgan fingerprint density at radius 2 is 2.06 bits per heavy atom. The van der Waals surface area contributed by atoms with Crippen LogP contribution in [0.2, 0.25) is 0 Å². The summed E-state index contributed by atoms with van der Waals surface area (Å²) in [5.41, 5.74) is 2.19. The summed E-state index contributed by atoms with van der Waals surface area (Å²) in [6, 6.07) is 12.0. The molecule has 1 aromatic carbocycles. The molecule has 0 N–H and O–H groups in total. The maximum Gasteiger partial charge on any atom is 0.123 e. The van der Waals surface area contributed by atoms with E-state index < -0.39 is 0 Å². The van der Waals surface area contributed by atoms with Crippen LogP contribution in [0.3, 0.4) is 0 Å². The van der Waals surface area contributed by atoms with Gasteiger partial charge >= 0.3 is 0 Å². The van der Waals surface area contributed by atoms with E-state index in [0.717, 1.165) is 17.0 Å². The minimum atomic E-state index is 0.634. The van der Waals surface area contributed by atoms with E-state index >= 15 is 0 Å². The summed E-state index contributed by atoms with van der Waals surface area (Å²) in [7, 11) is 3.68. The number of aryl methyl sites for hydroxylation is 1. The van der Waals surface area contributed by atoms with Gasteiger partial charge in [-0.2, -0.15) is 0 Å². The molecule has 0 amide bonds. The lowest BCUT2D eigenvalue weighted by atomic mass is 10.2. The minimum Gasteiger partial charge on any atom is -0.496 e. The van der Waals surface area contributed by atoms with Crippen LogP contribution in [0.1, 0.15) is 11.3 Å². The molecule has 0 aliphatic carbocycles. The second-order valence-electron chi connectivity index (χ2n) is 3.83. The molecule has 0 aliphatic heterocycles. The van der Waals surface area contributed by atoms with Gasteiger partial charge in [-0.05, 0) is 18.2 Å². The van der Waals surface area contributed by atoms with Crippen molar-refractivity contribution in [3.63, 3.8) is 0 Å². The van der Waals surface area contributed by atoms with Crippen molar-refractivity contribution >= 4 is 6.21 Å². The number of ether oxygens (including phenoxy) is 1. The van der Waals surface area contributed by atoms with Crippen molar-refractivity contribution in [1.29, 1.82) is 0 Å². The molecule has 2 aromatic rings. The highest BCUT2D eigenvalue weighted by molar-refractivity contribution is 5.77. The predicted molar refractivity (Wildman–Crippen MR) is 69.7 cm³/mol. The van der Waals surface area contributed by atoms with E-state index in [-0.39, 0.29) is 0 Å². The van der Waals surface area contributed by atoms with E-state index in [1.54, 1.807) is 7.11 Å². The van der Waals surface area contributed by atoms with Gasteiger partial charge in [-0.1, -0.05) is 18.2 Å². The van der Waals surface area contributed by atoms with E-state index in [2.05, 4.69) is 4.99 Å². The van der Waals surface area contributed by atoms with Crippen LogP contribution in [0.15, 0.2) is 47.6 Å². The first-order valence-electron chi connectivity index (χ1n) is 5.54. The van der Waals surface area contributed by atoms with Crippen molar-refractivity contribution in [1.82, 2.24) is 4.57 Å². The molecule has 0 fully saturated rings. The number of aliphatic imine (C=N–C) groups is 1. The topological polar surface area (TPSA) is 26.5 Å². The SMILES string of the molecule is COc1ccccc1CN=Cc1cccn1C. The molecule has 0 radical (unpaired) electrons. The summed E-state index contributed by atoms with van der Waals surface area (Å²) in [5.74, 6) is 0.886. The Labute approximate surface area is 101 Å². The first-order valence-corrected chi connectivity index (χ1v) is 5.54. The van der Waals surface area contributed by atoms with Crippen LogP contribution in [0.25, 0.3) is 0 Å². The summed E-state index contributed by atoms with van der Waals surface area (Å²) in [4.78, 5) is 4.43. The lowest BCUT2D eigenvalue weighted by Crippen LogP contribution is -1.94. The fourth-order valence-electron chi connectivity index (χ4n) is 1.68. The third-order valence-corrected chi connectivity index (χ3v) is 2.66. The Kier molecular flexibility index (Phi) is 3.60. The van der Waals surface area contributed by atoms with Gasteiger partial charge in [0.15, 0.2) is 0 Å². The van der Waals surface area contributed by atoms with Crippen molar-refractivity contribution in [2.45, 2.75) is 6.54 Å². The highest BCUT2D eigenvalue weighted by Gasteiger charge is 1.99. The second kappa shape index (κ2) is 5.34. The summed E-state index contributed by atoms with van der Waals surface area (Å²) in [5, 5.41) is 0. The first-order chi connectivity index (χ1) is 8.31. The van der Waals surface area contributed by atoms with Crippen molar-refractivity contribution in [3.05, 3.63) is 53.9 Å². The fourth-order valence-corrected chi connectivity index (χ4v) is 1.68. The molecular weight excluding hydrogens is 212 g/mol. The number of aromatic nitrogens is 1. The molecule has 0 bridgehead atoms. The number of benzene rings is 1. The van der Waals surface area contributed by atoms with E-state index in [0.29, 0.717) is 6.54 Å². The molecule has 3 heteroatoms. The van der Waals surface area contributed by atoms with Gasteiger partial charge in [-0.3, -0.25) is 4.99 Å². The van der Waals surface area contributed by atoms with E-state index in [4.69, 9.17) is 4.74 Å². The van der Waals surface area contributed by atoms with Crippen molar-refractivity contribution in [2.24, 2.45) is 12.0 Å². The highest BCUT2D eigenvalue weighted by Crippen LogP contribution is 2.17. The number of methoxy groups -OCH3 is 1. The van der Waals surface area contributed by atoms with Gasteiger partial charge in [-0.15, -0.1) is 0 Å². The number of hydrogen-bond acceptors (Lipinski definition) is 2. The zero-order valence-electron chi connectivity index (χ0n) is 10.1. The number of hydrogen-bond donors (Lipinski definition) is 0. The molecule has 0 saturated heterocycles. The van der Waals surface area contributed by atoms with Crippen LogP contribution >= 0.6 is 0 Å². The normalized spacial score (nSPS) is 10.9. The van der Waals surface area contributed by atoms with Crippen molar-refractivity contribution < 1.29 is 4.74 Å². The van der Waals surface area contributed by atoms with Crippen LogP contribution in [-0.2, 0) is 13.6 Å². The molecule has 1 heterocycles. The lowest BCUT2D eigenvalue weighted by Gasteiger charge is -2.04. The Morgan fingerprint density at radius 3 is 2.76 bits per heavy atom. The van der Waals surface area contributed by atoms with E-state index in [1.807, 2.05) is 60.4 Å². The summed E-state index contributed by atoms with van der Waals surface area (Å²) >= 11 is 0. The number of rotatable bonds is 4. The predicted octanol–water partition coefficient (Wildman–Crippen LogP) is 2.65. The molecule has 0 atom stereocenters. The van der Waals surface area contributed by atoms with Gasteiger partial charge < -0.3 is 9.30 Å². The average Bonchev–Trinajstić information content (AvgIpc) is 2.76. The van der Waals surface area contributed by atoms with Crippen LogP contribution in [0.5, 0.6) is 5.75 Å². The van der Waals surface area contributed by atoms with Crippen LogP contribution < -0.4 is 4.74 Å². The Morgan fingerprint density at radius 1 is 1.24 bits per heavy atom. The standard InChI is InChI=1S/C14H16N2O/c1-16-9-5-7-13(16)11-15-10-12-6-3-4-8-14(12)17-2/h3-9,11H,10H2,1-2H3. The second-order valence-corrected chi connectivity index (χ2v) is 3.83. The molecule has 88 valence electrons. The molecule has 0 saturated carbocycles. The molecule has 0 unspecified atom stereocenters. The van der Waals surface area contributed by atoms with Gasteiger partial charge in [0.1, 0.15) is 5.75 Å². The number of para-hydroxylation sites is 1. The quantitative estimate of drug-likeness (QED) is 0.739. The largest absolute Gasteiger partial charge is 0.496 e. The Bertz CT molecular complexity index is 514. The summed E-state index contributed by atoms with van der Waals surface area (Å²) in [6.45, 7) is 0.634. The molecule has 0 spiro atoms. The van der Waals surface area contributed by atoms with Gasteiger partial charge in [0.05, 0.1) is 19.3 Å². The zero-order chi connectivity index (χ0) is 12.1. The van der Waals surface area contributed by atoms with Crippen molar-refractivity contribution in [2.75, 3.05) is 7.11 Å². The monoisotopic (exact) mass is 228 g/mol. The fraction of sp³-hybridized carbons (Fsp3) is 0.214. The molecule has 3 nitrogen and oxygen atoms in total. The first kappa shape index (κ1) is 11.5. The van der Waals surface area contributed by atoms with Gasteiger partial charge in [0.2, 0.25) is 0 Å². The van der Waals surface area contributed by atoms with Crippen LogP contribution in [0, 0.1) is 0 Å². The third kappa shape index (κ3) is 2.75. The maximum atomic E-state index is 5.28. The average molecular weight is 228 g/mol. The summed E-state index contributed by atoms with van der Waals surface area (Å²) < 4.78 is 7.31. The van der Waals surface area contributed by atoms with E-state index in [9.17, 15) is 0 Å². The van der Waals surface area contributed by atoms with Crippen molar-refractivity contribution in [3.8, 4) is 5.75 Å². The number of nitrogens with zero attached hydrogens (tertiary/aromatic N) is 2. The molecule has 2 rings (SSSR count). The lowest BCUT2D eigenvalue weighted by molar-refractivity contribution is 0.410. The molecule has 0 aliphatic rings. The molecule has 17 heavy (non-hydrogen) atoms. The highest BCUT2D eigenvalue weighted by atomic mass is 16.5. The Balaban J connectivity index is 2.07. The molecular formula is C14H16N2O. The zero-order valence-corrected chi connectivity index (χ0v) is 10.1.